The first kappa shape index (κ1) is 26.3. The second-order valence-corrected chi connectivity index (χ2v) is 12.5. The van der Waals surface area contributed by atoms with Crippen LogP contribution in [-0.4, -0.2) is 68.2 Å². The summed E-state index contributed by atoms with van der Waals surface area (Å²) in [6.45, 7) is 8.80. The quantitative estimate of drug-likeness (QED) is 0.371. The van der Waals surface area contributed by atoms with E-state index in [1.807, 2.05) is 0 Å². The molecular weight excluding hydrogens is 505 g/mol. The Morgan fingerprint density at radius 1 is 0.789 bits per heavy atom. The average molecular weight is 545 g/mol. The topological polar surface area (TPSA) is 21.8 Å². The molecule has 0 saturated carbocycles. The summed E-state index contributed by atoms with van der Waals surface area (Å²) in [7, 11) is 0. The third kappa shape index (κ3) is 5.97. The van der Waals surface area contributed by atoms with Crippen LogP contribution in [0.2, 0.25) is 0 Å². The van der Waals surface area contributed by atoms with Crippen LogP contribution in [-0.2, 0) is 12.6 Å². The fraction of sp³-hybridized carbons (Fsp3) is 0.600. The van der Waals surface area contributed by atoms with Crippen molar-refractivity contribution in [2.24, 2.45) is 0 Å². The largest absolute Gasteiger partial charge is 0.416 e. The van der Waals surface area contributed by atoms with E-state index in [9.17, 15) is 13.2 Å². The van der Waals surface area contributed by atoms with E-state index in [4.69, 9.17) is 0 Å². The Bertz CT molecular complexity index is 1120. The number of hydrogen-bond acceptors (Lipinski definition) is 5. The summed E-state index contributed by atoms with van der Waals surface area (Å²) in [6.07, 6.45) is 4.64. The Morgan fingerprint density at radius 3 is 2.18 bits per heavy atom. The number of halogens is 3. The third-order valence-electron chi connectivity index (χ3n) is 8.77. The number of likely N-dealkylation sites (tertiary alicyclic amines) is 2. The number of benzene rings is 2. The van der Waals surface area contributed by atoms with Crippen LogP contribution in [0.1, 0.15) is 61.6 Å². The number of anilines is 2. The summed E-state index contributed by atoms with van der Waals surface area (Å²) in [5.74, 6) is 0. The van der Waals surface area contributed by atoms with Crippen LogP contribution in [0, 0.1) is 0 Å². The van der Waals surface area contributed by atoms with Crippen molar-refractivity contribution in [3.05, 3.63) is 47.0 Å². The molecule has 4 nitrogen and oxygen atoms in total. The van der Waals surface area contributed by atoms with Crippen molar-refractivity contribution in [3.8, 4) is 0 Å². The van der Waals surface area contributed by atoms with Gasteiger partial charge >= 0.3 is 6.18 Å². The molecule has 1 N–H and O–H groups in total. The number of rotatable bonds is 6. The molecule has 2 aromatic carbocycles. The van der Waals surface area contributed by atoms with Crippen LogP contribution in [0.3, 0.4) is 0 Å². The van der Waals surface area contributed by atoms with Gasteiger partial charge in [0.2, 0.25) is 0 Å². The van der Waals surface area contributed by atoms with Crippen molar-refractivity contribution >= 4 is 23.1 Å². The van der Waals surface area contributed by atoms with Gasteiger partial charge in [-0.2, -0.15) is 13.2 Å². The Hall–Kier alpha value is -1.90. The molecule has 4 heterocycles. The molecular formula is C30H39F3N4S. The van der Waals surface area contributed by atoms with Gasteiger partial charge in [0.15, 0.2) is 0 Å². The van der Waals surface area contributed by atoms with Gasteiger partial charge in [-0.1, -0.05) is 24.2 Å². The molecule has 0 amide bonds. The predicted octanol–water partition coefficient (Wildman–Crippen LogP) is 6.72. The number of nitrogens with zero attached hydrogens (tertiary/aromatic N) is 3. The van der Waals surface area contributed by atoms with Gasteiger partial charge < -0.3 is 20.0 Å². The molecule has 0 aromatic heterocycles. The fourth-order valence-corrected chi connectivity index (χ4v) is 7.64. The Kier molecular flexibility index (Phi) is 7.83. The van der Waals surface area contributed by atoms with Gasteiger partial charge in [0, 0.05) is 72.9 Å². The van der Waals surface area contributed by atoms with E-state index >= 15 is 0 Å². The SMILES string of the molecule is FC(F)(F)c1cc(NC2CCN(CCN3CCCCC3)CC2)c2c(c1)Sc1cc(N3CCCC3)ccc1C2. The van der Waals surface area contributed by atoms with Crippen LogP contribution >= 0.6 is 11.8 Å². The molecule has 3 fully saturated rings. The lowest BCUT2D eigenvalue weighted by atomic mass is 9.98. The molecule has 6 rings (SSSR count). The molecule has 0 bridgehead atoms. The highest BCUT2D eigenvalue weighted by Gasteiger charge is 2.34. The Morgan fingerprint density at radius 2 is 1.47 bits per heavy atom. The molecule has 0 radical (unpaired) electrons. The van der Waals surface area contributed by atoms with Gasteiger partial charge in [-0.05, 0) is 87.0 Å². The number of nitrogens with one attached hydrogen (secondary N) is 1. The third-order valence-corrected chi connectivity index (χ3v) is 9.96. The van der Waals surface area contributed by atoms with Gasteiger partial charge in [-0.15, -0.1) is 0 Å². The van der Waals surface area contributed by atoms with E-state index in [1.54, 1.807) is 0 Å². The van der Waals surface area contributed by atoms with Crippen LogP contribution < -0.4 is 10.2 Å². The van der Waals surface area contributed by atoms with Crippen molar-refractivity contribution in [1.29, 1.82) is 0 Å². The molecule has 0 aliphatic carbocycles. The van der Waals surface area contributed by atoms with E-state index in [-0.39, 0.29) is 6.04 Å². The molecule has 4 aliphatic rings. The fourth-order valence-electron chi connectivity index (χ4n) is 6.46. The van der Waals surface area contributed by atoms with Crippen molar-refractivity contribution in [3.63, 3.8) is 0 Å². The van der Waals surface area contributed by atoms with E-state index in [0.29, 0.717) is 12.1 Å². The highest BCUT2D eigenvalue weighted by molar-refractivity contribution is 7.99. The number of hydrogen-bond donors (Lipinski definition) is 1. The monoisotopic (exact) mass is 544 g/mol. The second kappa shape index (κ2) is 11.3. The molecule has 38 heavy (non-hydrogen) atoms. The zero-order chi connectivity index (χ0) is 26.1. The summed E-state index contributed by atoms with van der Waals surface area (Å²) in [4.78, 5) is 9.32. The zero-order valence-electron chi connectivity index (χ0n) is 22.2. The minimum Gasteiger partial charge on any atom is -0.382 e. The normalized spacial score (nSPS) is 21.4. The van der Waals surface area contributed by atoms with E-state index in [1.165, 1.54) is 80.3 Å². The number of alkyl halides is 3. The standard InChI is InChI=1S/C30H39F3N4S/c31-30(32,33)23-19-27(34-24-8-14-36(15-9-24)17-16-35-10-2-1-3-11-35)26-18-22-6-7-25(37-12-4-5-13-37)21-28(22)38-29(26)20-23/h6-7,19-21,24,34H,1-5,8-18H2. The first-order chi connectivity index (χ1) is 18.4. The van der Waals surface area contributed by atoms with Gasteiger partial charge in [0.1, 0.15) is 0 Å². The van der Waals surface area contributed by atoms with Gasteiger partial charge in [-0.3, -0.25) is 0 Å². The summed E-state index contributed by atoms with van der Waals surface area (Å²) < 4.78 is 41.7. The Labute approximate surface area is 228 Å². The van der Waals surface area contributed by atoms with Gasteiger partial charge in [-0.25, -0.2) is 0 Å². The van der Waals surface area contributed by atoms with Crippen LogP contribution in [0.25, 0.3) is 0 Å². The van der Waals surface area contributed by atoms with E-state index in [2.05, 4.69) is 38.2 Å². The predicted molar refractivity (Wildman–Crippen MR) is 150 cm³/mol. The van der Waals surface area contributed by atoms with Crippen LogP contribution in [0.15, 0.2) is 40.1 Å². The maximum atomic E-state index is 13.9. The van der Waals surface area contributed by atoms with Crippen molar-refractivity contribution in [1.82, 2.24) is 9.80 Å². The van der Waals surface area contributed by atoms with E-state index in [0.717, 1.165) is 67.5 Å². The minimum absolute atomic E-state index is 0.206. The van der Waals surface area contributed by atoms with Gasteiger partial charge in [0.25, 0.3) is 0 Å². The Balaban J connectivity index is 1.15. The van der Waals surface area contributed by atoms with Crippen molar-refractivity contribution in [2.75, 3.05) is 62.6 Å². The molecule has 3 saturated heterocycles. The first-order valence-electron chi connectivity index (χ1n) is 14.4. The molecule has 206 valence electrons. The average Bonchev–Trinajstić information content (AvgIpc) is 3.47. The summed E-state index contributed by atoms with van der Waals surface area (Å²) >= 11 is 1.50. The molecule has 4 aliphatic heterocycles. The first-order valence-corrected chi connectivity index (χ1v) is 15.3. The molecule has 0 spiro atoms. The molecule has 0 unspecified atom stereocenters. The second-order valence-electron chi connectivity index (χ2n) is 11.4. The number of fused-ring (bicyclic) bond motifs is 2. The summed E-state index contributed by atoms with van der Waals surface area (Å²) in [5, 5.41) is 3.58. The van der Waals surface area contributed by atoms with Crippen molar-refractivity contribution < 1.29 is 13.2 Å². The van der Waals surface area contributed by atoms with Crippen LogP contribution in [0.5, 0.6) is 0 Å². The maximum Gasteiger partial charge on any atom is 0.416 e. The zero-order valence-corrected chi connectivity index (χ0v) is 23.0. The summed E-state index contributed by atoms with van der Waals surface area (Å²) in [5.41, 5.74) is 3.53. The smallest absolute Gasteiger partial charge is 0.382 e. The lowest BCUT2D eigenvalue weighted by molar-refractivity contribution is -0.137. The van der Waals surface area contributed by atoms with Gasteiger partial charge in [0.05, 0.1) is 5.56 Å². The lowest BCUT2D eigenvalue weighted by Gasteiger charge is -2.36. The van der Waals surface area contributed by atoms with Crippen molar-refractivity contribution in [2.45, 2.75) is 73.4 Å². The summed E-state index contributed by atoms with van der Waals surface area (Å²) in [6, 6.07) is 9.47. The molecule has 2 aromatic rings. The molecule has 8 heteroatoms. The molecule has 0 atom stereocenters. The minimum atomic E-state index is -4.36. The number of piperidine rings is 2. The van der Waals surface area contributed by atoms with Crippen LogP contribution in [0.4, 0.5) is 24.5 Å². The van der Waals surface area contributed by atoms with E-state index < -0.39 is 11.7 Å². The highest BCUT2D eigenvalue weighted by atomic mass is 32.2. The lowest BCUT2D eigenvalue weighted by Crippen LogP contribution is -2.43. The highest BCUT2D eigenvalue weighted by Crippen LogP contribution is 2.46. The maximum absolute atomic E-state index is 13.9.